The van der Waals surface area contributed by atoms with Crippen molar-refractivity contribution < 1.29 is 0 Å². The fourth-order valence-corrected chi connectivity index (χ4v) is 3.30. The summed E-state index contributed by atoms with van der Waals surface area (Å²) in [5.74, 6) is 0. The molecular weight excluding hydrogens is 232 g/mol. The quantitative estimate of drug-likeness (QED) is 0.896. The standard InChI is InChI=1S/C17H28N2/c1-12-9-10-15(14(3)13(12)2)17(19(4)5)16-8-6-7-11-18-16/h9-10,16-18H,6-8,11H2,1-5H3. The summed E-state index contributed by atoms with van der Waals surface area (Å²) in [5, 5.41) is 3.72. The highest BCUT2D eigenvalue weighted by Gasteiger charge is 2.27. The Morgan fingerprint density at radius 2 is 1.84 bits per heavy atom. The number of nitrogens with one attached hydrogen (secondary N) is 1. The van der Waals surface area contributed by atoms with Crippen LogP contribution in [-0.4, -0.2) is 31.6 Å². The van der Waals surface area contributed by atoms with Crippen LogP contribution >= 0.6 is 0 Å². The van der Waals surface area contributed by atoms with E-state index in [1.807, 2.05) is 0 Å². The molecule has 0 aromatic heterocycles. The lowest BCUT2D eigenvalue weighted by molar-refractivity contribution is 0.204. The van der Waals surface area contributed by atoms with Gasteiger partial charge in [-0.1, -0.05) is 18.6 Å². The van der Waals surface area contributed by atoms with Gasteiger partial charge < -0.3 is 10.2 Å². The van der Waals surface area contributed by atoms with Gasteiger partial charge in [0.15, 0.2) is 0 Å². The average molecular weight is 260 g/mol. The van der Waals surface area contributed by atoms with Crippen LogP contribution in [0.25, 0.3) is 0 Å². The molecule has 1 aromatic rings. The molecule has 1 heterocycles. The van der Waals surface area contributed by atoms with E-state index in [1.165, 1.54) is 48.1 Å². The van der Waals surface area contributed by atoms with Crippen molar-refractivity contribution in [1.29, 1.82) is 0 Å². The molecule has 106 valence electrons. The molecule has 1 saturated heterocycles. The molecule has 0 saturated carbocycles. The van der Waals surface area contributed by atoms with Gasteiger partial charge in [0.25, 0.3) is 0 Å². The van der Waals surface area contributed by atoms with Gasteiger partial charge in [0, 0.05) is 12.1 Å². The maximum atomic E-state index is 3.72. The van der Waals surface area contributed by atoms with Crippen LogP contribution < -0.4 is 5.32 Å². The van der Waals surface area contributed by atoms with Crippen LogP contribution in [0.15, 0.2) is 12.1 Å². The van der Waals surface area contributed by atoms with Crippen molar-refractivity contribution in [3.63, 3.8) is 0 Å². The van der Waals surface area contributed by atoms with E-state index in [0.717, 1.165) is 0 Å². The number of likely N-dealkylation sites (N-methyl/N-ethyl adjacent to an activating group) is 1. The molecule has 0 radical (unpaired) electrons. The van der Waals surface area contributed by atoms with Gasteiger partial charge in [0.1, 0.15) is 0 Å². The maximum absolute atomic E-state index is 3.72. The SMILES string of the molecule is Cc1ccc(C(C2CCCCN2)N(C)C)c(C)c1C. The van der Waals surface area contributed by atoms with Crippen molar-refractivity contribution in [3.8, 4) is 0 Å². The minimum Gasteiger partial charge on any atom is -0.312 e. The zero-order valence-electron chi connectivity index (χ0n) is 13.1. The van der Waals surface area contributed by atoms with Crippen LogP contribution in [0.2, 0.25) is 0 Å². The molecule has 0 amide bonds. The summed E-state index contributed by atoms with van der Waals surface area (Å²) in [7, 11) is 4.41. The molecule has 1 aliphatic rings. The molecule has 1 fully saturated rings. The summed E-state index contributed by atoms with van der Waals surface area (Å²) >= 11 is 0. The highest BCUT2D eigenvalue weighted by Crippen LogP contribution is 2.31. The fourth-order valence-electron chi connectivity index (χ4n) is 3.30. The Balaban J connectivity index is 2.36. The summed E-state index contributed by atoms with van der Waals surface area (Å²) in [5.41, 5.74) is 5.80. The first kappa shape index (κ1) is 14.5. The predicted octanol–water partition coefficient (Wildman–Crippen LogP) is 3.36. The van der Waals surface area contributed by atoms with Crippen molar-refractivity contribution in [2.45, 2.75) is 52.1 Å². The Morgan fingerprint density at radius 1 is 1.11 bits per heavy atom. The van der Waals surface area contributed by atoms with Gasteiger partial charge in [-0.2, -0.15) is 0 Å². The van der Waals surface area contributed by atoms with Crippen LogP contribution in [0.5, 0.6) is 0 Å². The smallest absolute Gasteiger partial charge is 0.0498 e. The lowest BCUT2D eigenvalue weighted by Gasteiger charge is -2.37. The van der Waals surface area contributed by atoms with Crippen LogP contribution in [-0.2, 0) is 0 Å². The number of benzene rings is 1. The van der Waals surface area contributed by atoms with Gasteiger partial charge in [-0.15, -0.1) is 0 Å². The first-order valence-corrected chi connectivity index (χ1v) is 7.49. The number of hydrogen-bond donors (Lipinski definition) is 1. The molecule has 1 aromatic carbocycles. The molecule has 2 nitrogen and oxygen atoms in total. The molecule has 2 atom stereocenters. The molecular formula is C17H28N2. The van der Waals surface area contributed by atoms with E-state index in [0.29, 0.717) is 12.1 Å². The number of nitrogens with zero attached hydrogens (tertiary/aromatic N) is 1. The molecule has 0 spiro atoms. The van der Waals surface area contributed by atoms with Gasteiger partial charge in [-0.05, 0) is 76.5 Å². The van der Waals surface area contributed by atoms with E-state index in [2.05, 4.69) is 57.2 Å². The van der Waals surface area contributed by atoms with Gasteiger partial charge in [0.05, 0.1) is 0 Å². The first-order valence-electron chi connectivity index (χ1n) is 7.49. The average Bonchev–Trinajstić information content (AvgIpc) is 2.40. The maximum Gasteiger partial charge on any atom is 0.0498 e. The van der Waals surface area contributed by atoms with Crippen molar-refractivity contribution in [2.75, 3.05) is 20.6 Å². The lowest BCUT2D eigenvalue weighted by Crippen LogP contribution is -2.44. The number of rotatable bonds is 3. The predicted molar refractivity (Wildman–Crippen MR) is 82.7 cm³/mol. The molecule has 2 heteroatoms. The molecule has 0 aliphatic carbocycles. The molecule has 1 aliphatic heterocycles. The highest BCUT2D eigenvalue weighted by atomic mass is 15.1. The van der Waals surface area contributed by atoms with Crippen molar-refractivity contribution in [3.05, 3.63) is 34.4 Å². The third-order valence-electron chi connectivity index (χ3n) is 4.70. The Labute approximate surface area is 118 Å². The van der Waals surface area contributed by atoms with Gasteiger partial charge in [0.2, 0.25) is 0 Å². The molecule has 1 N–H and O–H groups in total. The minimum atomic E-state index is 0.486. The van der Waals surface area contributed by atoms with Gasteiger partial charge in [-0.3, -0.25) is 0 Å². The Morgan fingerprint density at radius 3 is 2.42 bits per heavy atom. The van der Waals surface area contributed by atoms with E-state index in [4.69, 9.17) is 0 Å². The lowest BCUT2D eigenvalue weighted by atomic mass is 9.87. The van der Waals surface area contributed by atoms with Crippen molar-refractivity contribution >= 4 is 0 Å². The molecule has 0 bridgehead atoms. The third-order valence-corrected chi connectivity index (χ3v) is 4.70. The van der Waals surface area contributed by atoms with E-state index >= 15 is 0 Å². The van der Waals surface area contributed by atoms with Crippen molar-refractivity contribution in [2.24, 2.45) is 0 Å². The number of hydrogen-bond acceptors (Lipinski definition) is 2. The summed E-state index contributed by atoms with van der Waals surface area (Å²) in [6.45, 7) is 7.89. The highest BCUT2D eigenvalue weighted by molar-refractivity contribution is 5.41. The number of piperidine rings is 1. The molecule has 2 rings (SSSR count). The van der Waals surface area contributed by atoms with Gasteiger partial charge in [-0.25, -0.2) is 0 Å². The molecule has 2 unspecified atom stereocenters. The zero-order chi connectivity index (χ0) is 14.0. The topological polar surface area (TPSA) is 15.3 Å². The summed E-state index contributed by atoms with van der Waals surface area (Å²) in [4.78, 5) is 2.38. The first-order chi connectivity index (χ1) is 9.02. The van der Waals surface area contributed by atoms with Crippen molar-refractivity contribution in [1.82, 2.24) is 10.2 Å². The Hall–Kier alpha value is -0.860. The Bertz CT molecular complexity index is 431. The second-order valence-electron chi connectivity index (χ2n) is 6.19. The monoisotopic (exact) mass is 260 g/mol. The van der Waals surface area contributed by atoms with E-state index < -0.39 is 0 Å². The van der Waals surface area contributed by atoms with Crippen LogP contribution in [0.1, 0.15) is 47.6 Å². The summed E-state index contributed by atoms with van der Waals surface area (Å²) < 4.78 is 0. The van der Waals surface area contributed by atoms with Crippen LogP contribution in [0.4, 0.5) is 0 Å². The zero-order valence-corrected chi connectivity index (χ0v) is 13.1. The van der Waals surface area contributed by atoms with Gasteiger partial charge >= 0.3 is 0 Å². The molecule has 19 heavy (non-hydrogen) atoms. The van der Waals surface area contributed by atoms with E-state index in [9.17, 15) is 0 Å². The second kappa shape index (κ2) is 6.06. The third kappa shape index (κ3) is 3.01. The minimum absolute atomic E-state index is 0.486. The largest absolute Gasteiger partial charge is 0.312 e. The second-order valence-corrected chi connectivity index (χ2v) is 6.19. The summed E-state index contributed by atoms with van der Waals surface area (Å²) in [6.07, 6.45) is 3.96. The van der Waals surface area contributed by atoms with E-state index in [-0.39, 0.29) is 0 Å². The Kier molecular flexibility index (Phi) is 4.64. The number of aryl methyl sites for hydroxylation is 1. The normalized spacial score (nSPS) is 21.7. The summed E-state index contributed by atoms with van der Waals surface area (Å²) in [6, 6.07) is 5.68. The fraction of sp³-hybridized carbons (Fsp3) is 0.647. The van der Waals surface area contributed by atoms with Crippen LogP contribution in [0, 0.1) is 20.8 Å². The van der Waals surface area contributed by atoms with Crippen LogP contribution in [0.3, 0.4) is 0 Å². The van der Waals surface area contributed by atoms with E-state index in [1.54, 1.807) is 0 Å².